The fourth-order valence-electron chi connectivity index (χ4n) is 2.40. The lowest BCUT2D eigenvalue weighted by Crippen LogP contribution is -2.02. The third-order valence-corrected chi connectivity index (χ3v) is 3.52. The van der Waals surface area contributed by atoms with Crippen LogP contribution in [0.3, 0.4) is 0 Å². The number of nitro groups is 1. The fraction of sp³-hybridized carbons (Fsp3) is 0.118. The van der Waals surface area contributed by atoms with E-state index in [2.05, 4.69) is 15.5 Å². The van der Waals surface area contributed by atoms with E-state index in [9.17, 15) is 10.1 Å². The Morgan fingerprint density at radius 3 is 2.22 bits per heavy atom. The van der Waals surface area contributed by atoms with E-state index in [1.54, 1.807) is 0 Å². The van der Waals surface area contributed by atoms with E-state index in [1.165, 1.54) is 0 Å². The molecule has 0 aliphatic heterocycles. The number of aromatic amines is 1. The third kappa shape index (κ3) is 3.55. The highest BCUT2D eigenvalue weighted by Gasteiger charge is 2.24. The van der Waals surface area contributed by atoms with Crippen LogP contribution in [-0.2, 0) is 13.0 Å². The highest BCUT2D eigenvalue weighted by molar-refractivity contribution is 5.59. The molecule has 0 aliphatic carbocycles. The molecule has 0 aliphatic rings. The molecule has 0 bridgehead atoms. The Bertz CT molecular complexity index is 785. The van der Waals surface area contributed by atoms with Crippen LogP contribution in [0, 0.1) is 10.1 Å². The molecule has 0 amide bonds. The topological polar surface area (TPSA) is 83.8 Å². The van der Waals surface area contributed by atoms with Crippen molar-refractivity contribution in [1.29, 1.82) is 0 Å². The highest BCUT2D eigenvalue weighted by Crippen LogP contribution is 2.28. The van der Waals surface area contributed by atoms with Gasteiger partial charge in [-0.15, -0.1) is 0 Å². The molecule has 0 saturated heterocycles. The zero-order chi connectivity index (χ0) is 16.1. The van der Waals surface area contributed by atoms with E-state index in [0.717, 1.165) is 11.1 Å². The standard InChI is InChI=1S/C17H16N4O2/c22-21(23)16-15(11-13-7-3-1-4-8-13)19-20-17(16)18-12-14-9-5-2-6-10-14/h1-10H,11-12H2,(H2,18,19,20). The van der Waals surface area contributed by atoms with Crippen LogP contribution in [0.5, 0.6) is 0 Å². The van der Waals surface area contributed by atoms with Crippen molar-refractivity contribution >= 4 is 11.5 Å². The summed E-state index contributed by atoms with van der Waals surface area (Å²) in [5.41, 5.74) is 2.53. The van der Waals surface area contributed by atoms with Gasteiger partial charge < -0.3 is 5.32 Å². The quantitative estimate of drug-likeness (QED) is 0.539. The normalized spacial score (nSPS) is 10.4. The minimum atomic E-state index is -0.394. The Hall–Kier alpha value is -3.15. The Kier molecular flexibility index (Phi) is 4.33. The van der Waals surface area contributed by atoms with Crippen LogP contribution in [-0.4, -0.2) is 15.1 Å². The van der Waals surface area contributed by atoms with Gasteiger partial charge in [0.15, 0.2) is 0 Å². The Labute approximate surface area is 133 Å². The SMILES string of the molecule is O=[N+]([O-])c1c(NCc2ccccc2)n[nH]c1Cc1ccccc1. The van der Waals surface area contributed by atoms with Gasteiger partial charge in [-0.3, -0.25) is 15.2 Å². The van der Waals surface area contributed by atoms with Gasteiger partial charge in [0, 0.05) is 13.0 Å². The second-order valence-electron chi connectivity index (χ2n) is 5.16. The summed E-state index contributed by atoms with van der Waals surface area (Å²) in [6.45, 7) is 0.483. The molecule has 1 heterocycles. The monoisotopic (exact) mass is 308 g/mol. The largest absolute Gasteiger partial charge is 0.359 e. The summed E-state index contributed by atoms with van der Waals surface area (Å²) in [6.07, 6.45) is 0.442. The molecule has 3 aromatic rings. The van der Waals surface area contributed by atoms with Gasteiger partial charge in [0.05, 0.1) is 4.92 Å². The lowest BCUT2D eigenvalue weighted by Gasteiger charge is -2.03. The zero-order valence-corrected chi connectivity index (χ0v) is 12.4. The molecule has 6 nitrogen and oxygen atoms in total. The smallest absolute Gasteiger partial charge is 0.334 e. The lowest BCUT2D eigenvalue weighted by atomic mass is 10.1. The van der Waals surface area contributed by atoms with E-state index < -0.39 is 4.92 Å². The molecule has 0 saturated carbocycles. The summed E-state index contributed by atoms with van der Waals surface area (Å²) in [5.74, 6) is 0.268. The zero-order valence-electron chi connectivity index (χ0n) is 12.4. The van der Waals surface area contributed by atoms with Crippen molar-refractivity contribution in [2.24, 2.45) is 0 Å². The van der Waals surface area contributed by atoms with Gasteiger partial charge in [0.1, 0.15) is 5.69 Å². The molecule has 2 aromatic carbocycles. The summed E-state index contributed by atoms with van der Waals surface area (Å²) in [5, 5.41) is 21.3. The molecule has 116 valence electrons. The van der Waals surface area contributed by atoms with Crippen molar-refractivity contribution in [3.8, 4) is 0 Å². The van der Waals surface area contributed by atoms with Crippen molar-refractivity contribution < 1.29 is 4.92 Å². The van der Waals surface area contributed by atoms with Gasteiger partial charge in [-0.2, -0.15) is 5.10 Å². The molecular formula is C17H16N4O2. The number of benzene rings is 2. The number of H-pyrrole nitrogens is 1. The maximum absolute atomic E-state index is 11.4. The first kappa shape index (κ1) is 14.8. The molecule has 2 N–H and O–H groups in total. The first-order chi connectivity index (χ1) is 11.2. The van der Waals surface area contributed by atoms with E-state index >= 15 is 0 Å². The van der Waals surface area contributed by atoms with E-state index in [4.69, 9.17) is 0 Å². The van der Waals surface area contributed by atoms with Gasteiger partial charge in [0.25, 0.3) is 0 Å². The third-order valence-electron chi connectivity index (χ3n) is 3.52. The summed E-state index contributed by atoms with van der Waals surface area (Å²) < 4.78 is 0. The second kappa shape index (κ2) is 6.74. The molecular weight excluding hydrogens is 292 g/mol. The summed E-state index contributed by atoms with van der Waals surface area (Å²) in [6, 6.07) is 19.3. The fourth-order valence-corrected chi connectivity index (χ4v) is 2.40. The van der Waals surface area contributed by atoms with Crippen LogP contribution >= 0.6 is 0 Å². The predicted octanol–water partition coefficient (Wildman–Crippen LogP) is 3.52. The number of aromatic nitrogens is 2. The number of hydrogen-bond acceptors (Lipinski definition) is 4. The average molecular weight is 308 g/mol. The van der Waals surface area contributed by atoms with Crippen molar-refractivity contribution in [2.75, 3.05) is 5.32 Å². The van der Waals surface area contributed by atoms with Crippen molar-refractivity contribution in [1.82, 2.24) is 10.2 Å². The first-order valence-electron chi connectivity index (χ1n) is 7.27. The van der Waals surface area contributed by atoms with Crippen LogP contribution in [0.25, 0.3) is 0 Å². The Morgan fingerprint density at radius 2 is 1.61 bits per heavy atom. The van der Waals surface area contributed by atoms with Crippen molar-refractivity contribution in [3.05, 3.63) is 87.6 Å². The molecule has 3 rings (SSSR count). The van der Waals surface area contributed by atoms with Gasteiger partial charge in [-0.25, -0.2) is 0 Å². The number of nitrogens with zero attached hydrogens (tertiary/aromatic N) is 2. The van der Waals surface area contributed by atoms with E-state index in [0.29, 0.717) is 18.7 Å². The van der Waals surface area contributed by atoms with Crippen LogP contribution in [0.4, 0.5) is 11.5 Å². The van der Waals surface area contributed by atoms with Gasteiger partial charge in [0.2, 0.25) is 5.82 Å². The van der Waals surface area contributed by atoms with Crippen molar-refractivity contribution in [2.45, 2.75) is 13.0 Å². The molecule has 6 heteroatoms. The molecule has 0 fully saturated rings. The Morgan fingerprint density at radius 1 is 1.00 bits per heavy atom. The molecule has 0 atom stereocenters. The number of hydrogen-bond donors (Lipinski definition) is 2. The molecule has 0 unspecified atom stereocenters. The number of nitrogens with one attached hydrogen (secondary N) is 2. The number of anilines is 1. The average Bonchev–Trinajstić information content (AvgIpc) is 2.98. The first-order valence-corrected chi connectivity index (χ1v) is 7.27. The van der Waals surface area contributed by atoms with Gasteiger partial charge in [-0.05, 0) is 11.1 Å². The van der Waals surface area contributed by atoms with Crippen molar-refractivity contribution in [3.63, 3.8) is 0 Å². The molecule has 23 heavy (non-hydrogen) atoms. The van der Waals surface area contributed by atoms with Crippen LogP contribution in [0.15, 0.2) is 60.7 Å². The van der Waals surface area contributed by atoms with Crippen LogP contribution < -0.4 is 5.32 Å². The van der Waals surface area contributed by atoms with Gasteiger partial charge >= 0.3 is 5.69 Å². The molecule has 1 aromatic heterocycles. The lowest BCUT2D eigenvalue weighted by molar-refractivity contribution is -0.384. The Balaban J connectivity index is 1.80. The van der Waals surface area contributed by atoms with Crippen LogP contribution in [0.2, 0.25) is 0 Å². The number of rotatable bonds is 6. The second-order valence-corrected chi connectivity index (χ2v) is 5.16. The van der Waals surface area contributed by atoms with E-state index in [1.807, 2.05) is 60.7 Å². The summed E-state index contributed by atoms with van der Waals surface area (Å²) in [7, 11) is 0. The van der Waals surface area contributed by atoms with Gasteiger partial charge in [-0.1, -0.05) is 60.7 Å². The van der Waals surface area contributed by atoms with E-state index in [-0.39, 0.29) is 11.5 Å². The predicted molar refractivity (Wildman–Crippen MR) is 88.3 cm³/mol. The summed E-state index contributed by atoms with van der Waals surface area (Å²) in [4.78, 5) is 11.0. The highest BCUT2D eigenvalue weighted by atomic mass is 16.6. The maximum atomic E-state index is 11.4. The minimum Gasteiger partial charge on any atom is -0.359 e. The maximum Gasteiger partial charge on any atom is 0.334 e. The summed E-state index contributed by atoms with van der Waals surface area (Å²) >= 11 is 0. The molecule has 0 radical (unpaired) electrons. The molecule has 0 spiro atoms. The van der Waals surface area contributed by atoms with Crippen LogP contribution in [0.1, 0.15) is 16.8 Å². The minimum absolute atomic E-state index is 0.00443.